The number of hydrogen-bond acceptors (Lipinski definition) is 5. The van der Waals surface area contributed by atoms with Gasteiger partial charge in [0.2, 0.25) is 5.91 Å². The number of carbonyl (C=O) groups excluding carboxylic acids is 1. The summed E-state index contributed by atoms with van der Waals surface area (Å²) < 4.78 is 24.8. The lowest BCUT2D eigenvalue weighted by molar-refractivity contribution is -0.208. The van der Waals surface area contributed by atoms with E-state index in [1.54, 1.807) is 13.0 Å². The molecule has 2 fully saturated rings. The molecule has 2 saturated heterocycles. The van der Waals surface area contributed by atoms with E-state index >= 15 is 0 Å². The second-order valence-electron chi connectivity index (χ2n) is 8.26. The molecule has 2 aliphatic rings. The van der Waals surface area contributed by atoms with Gasteiger partial charge in [0.1, 0.15) is 18.5 Å². The second kappa shape index (κ2) is 8.45. The van der Waals surface area contributed by atoms with E-state index in [1.807, 2.05) is 13.0 Å². The van der Waals surface area contributed by atoms with Gasteiger partial charge < -0.3 is 19.9 Å². The lowest BCUT2D eigenvalue weighted by Gasteiger charge is -2.53. The van der Waals surface area contributed by atoms with Crippen molar-refractivity contribution >= 4 is 5.91 Å². The first-order valence-corrected chi connectivity index (χ1v) is 9.88. The minimum atomic E-state index is -0.799. The predicted molar refractivity (Wildman–Crippen MR) is 103 cm³/mol. The molecule has 1 aromatic rings. The molecule has 0 saturated carbocycles. The molecule has 0 aromatic heterocycles. The summed E-state index contributed by atoms with van der Waals surface area (Å²) in [5, 5.41) is 14.1. The van der Waals surface area contributed by atoms with Crippen LogP contribution in [0.25, 0.3) is 0 Å². The summed E-state index contributed by atoms with van der Waals surface area (Å²) in [4.78, 5) is 14.3. The number of amides is 1. The van der Waals surface area contributed by atoms with Gasteiger partial charge >= 0.3 is 0 Å². The number of aliphatic hydroxyl groups excluding tert-OH is 1. The molecular weight excluding hydrogens is 363 g/mol. The normalized spacial score (nSPS) is 27.7. The van der Waals surface area contributed by atoms with E-state index in [0.717, 1.165) is 18.7 Å². The summed E-state index contributed by atoms with van der Waals surface area (Å²) >= 11 is 0. The summed E-state index contributed by atoms with van der Waals surface area (Å²) in [5.41, 5.74) is 0.263. The van der Waals surface area contributed by atoms with Gasteiger partial charge in [0.15, 0.2) is 0 Å². The number of hydrogen-bond donors (Lipinski definition) is 2. The number of nitrogens with zero attached hydrogens (tertiary/aromatic N) is 1. The first kappa shape index (κ1) is 21.2. The summed E-state index contributed by atoms with van der Waals surface area (Å²) in [6, 6.07) is 5.18. The lowest BCUT2D eigenvalue weighted by atomic mass is 9.73. The zero-order valence-corrected chi connectivity index (χ0v) is 17.0. The van der Waals surface area contributed by atoms with Gasteiger partial charge in [-0.15, -0.1) is 0 Å². The standard InChI is InChI=1S/C21H31FN2O4/c1-15-16(5-4-6-17(15)22)13-24-10-7-21(8-11-24)19(26)20(2,9-12-28-21)23-18(25)14-27-3/h4-6,19,26H,7-14H2,1-3H3,(H,23,25)/t19?,20-/m1/s1. The number of halogens is 1. The lowest BCUT2D eigenvalue weighted by Crippen LogP contribution is -2.69. The monoisotopic (exact) mass is 394 g/mol. The topological polar surface area (TPSA) is 71.0 Å². The molecule has 0 bridgehead atoms. The average molecular weight is 394 g/mol. The molecule has 0 radical (unpaired) electrons. The molecule has 1 amide bonds. The van der Waals surface area contributed by atoms with E-state index in [1.165, 1.54) is 13.2 Å². The van der Waals surface area contributed by atoms with Crippen molar-refractivity contribution in [1.82, 2.24) is 10.2 Å². The molecule has 2 N–H and O–H groups in total. The third-order valence-corrected chi connectivity index (χ3v) is 6.29. The number of piperidine rings is 1. The number of benzene rings is 1. The van der Waals surface area contributed by atoms with Crippen LogP contribution < -0.4 is 5.32 Å². The SMILES string of the molecule is COCC(=O)N[C@]1(C)CCOC2(CCN(Cc3cccc(F)c3C)CC2)C1O. The highest BCUT2D eigenvalue weighted by molar-refractivity contribution is 5.78. The van der Waals surface area contributed by atoms with Crippen molar-refractivity contribution in [3.05, 3.63) is 35.1 Å². The fourth-order valence-corrected chi connectivity index (χ4v) is 4.45. The number of methoxy groups -OCH3 is 1. The molecule has 0 aliphatic carbocycles. The molecule has 2 heterocycles. The number of aliphatic hydroxyl groups is 1. The molecule has 2 atom stereocenters. The molecule has 2 aliphatic heterocycles. The zero-order chi connectivity index (χ0) is 20.4. The van der Waals surface area contributed by atoms with Crippen LogP contribution in [0.4, 0.5) is 4.39 Å². The Bertz CT molecular complexity index is 706. The van der Waals surface area contributed by atoms with Crippen molar-refractivity contribution in [2.24, 2.45) is 0 Å². The Labute approximate surface area is 166 Å². The van der Waals surface area contributed by atoms with Crippen LogP contribution in [0.3, 0.4) is 0 Å². The molecule has 28 heavy (non-hydrogen) atoms. The zero-order valence-electron chi connectivity index (χ0n) is 17.0. The molecule has 6 nitrogen and oxygen atoms in total. The van der Waals surface area contributed by atoms with Gasteiger partial charge in [-0.3, -0.25) is 9.69 Å². The second-order valence-corrected chi connectivity index (χ2v) is 8.26. The van der Waals surface area contributed by atoms with E-state index < -0.39 is 17.2 Å². The Morgan fingerprint density at radius 1 is 1.39 bits per heavy atom. The Kier molecular flexibility index (Phi) is 6.39. The number of ether oxygens (including phenoxy) is 2. The molecular formula is C21H31FN2O4. The fourth-order valence-electron chi connectivity index (χ4n) is 4.45. The highest BCUT2D eigenvalue weighted by Gasteiger charge is 2.53. The molecule has 1 aromatic carbocycles. The van der Waals surface area contributed by atoms with Gasteiger partial charge in [0.25, 0.3) is 0 Å². The quantitative estimate of drug-likeness (QED) is 0.797. The maximum absolute atomic E-state index is 13.8. The summed E-state index contributed by atoms with van der Waals surface area (Å²) in [5.74, 6) is -0.417. The van der Waals surface area contributed by atoms with Gasteiger partial charge in [-0.1, -0.05) is 12.1 Å². The van der Waals surface area contributed by atoms with Crippen molar-refractivity contribution in [3.63, 3.8) is 0 Å². The molecule has 3 rings (SSSR count). The van der Waals surface area contributed by atoms with E-state index in [2.05, 4.69) is 10.2 Å². The largest absolute Gasteiger partial charge is 0.388 e. The van der Waals surface area contributed by atoms with Crippen molar-refractivity contribution in [1.29, 1.82) is 0 Å². The van der Waals surface area contributed by atoms with Crippen molar-refractivity contribution in [3.8, 4) is 0 Å². The van der Waals surface area contributed by atoms with Gasteiger partial charge in [-0.2, -0.15) is 0 Å². The number of rotatable bonds is 5. The third kappa shape index (κ3) is 4.22. The van der Waals surface area contributed by atoms with Crippen molar-refractivity contribution in [2.45, 2.75) is 56.9 Å². The molecule has 1 unspecified atom stereocenters. The van der Waals surface area contributed by atoms with Crippen LogP contribution in [-0.4, -0.2) is 66.6 Å². The maximum Gasteiger partial charge on any atom is 0.246 e. The van der Waals surface area contributed by atoms with Crippen LogP contribution in [-0.2, 0) is 20.8 Å². The first-order valence-electron chi connectivity index (χ1n) is 9.88. The Morgan fingerprint density at radius 2 is 2.11 bits per heavy atom. The van der Waals surface area contributed by atoms with Crippen molar-refractivity contribution in [2.75, 3.05) is 33.4 Å². The van der Waals surface area contributed by atoms with Gasteiger partial charge in [-0.05, 0) is 50.3 Å². The average Bonchev–Trinajstić information content (AvgIpc) is 2.65. The highest BCUT2D eigenvalue weighted by Crippen LogP contribution is 2.40. The van der Waals surface area contributed by atoms with Gasteiger partial charge in [0, 0.05) is 33.4 Å². The van der Waals surface area contributed by atoms with E-state index in [9.17, 15) is 14.3 Å². The van der Waals surface area contributed by atoms with Gasteiger partial charge in [-0.25, -0.2) is 4.39 Å². The molecule has 7 heteroatoms. The predicted octanol–water partition coefficient (Wildman–Crippen LogP) is 1.77. The number of nitrogens with one attached hydrogen (secondary N) is 1. The van der Waals surface area contributed by atoms with Gasteiger partial charge in [0.05, 0.1) is 11.1 Å². The van der Waals surface area contributed by atoms with E-state index in [4.69, 9.17) is 9.47 Å². The smallest absolute Gasteiger partial charge is 0.246 e. The van der Waals surface area contributed by atoms with Crippen molar-refractivity contribution < 1.29 is 23.8 Å². The van der Waals surface area contributed by atoms with E-state index in [0.29, 0.717) is 38.0 Å². The Morgan fingerprint density at radius 3 is 2.79 bits per heavy atom. The minimum absolute atomic E-state index is 0.0308. The number of carbonyl (C=O) groups is 1. The Hall–Kier alpha value is -1.54. The Balaban J connectivity index is 1.64. The van der Waals surface area contributed by atoms with E-state index in [-0.39, 0.29) is 18.3 Å². The van der Waals surface area contributed by atoms with Crippen LogP contribution >= 0.6 is 0 Å². The summed E-state index contributed by atoms with van der Waals surface area (Å²) in [7, 11) is 1.47. The van der Waals surface area contributed by atoms with Crippen LogP contribution in [0.5, 0.6) is 0 Å². The van der Waals surface area contributed by atoms with Crippen LogP contribution in [0.2, 0.25) is 0 Å². The van der Waals surface area contributed by atoms with Crippen LogP contribution in [0.15, 0.2) is 18.2 Å². The maximum atomic E-state index is 13.8. The minimum Gasteiger partial charge on any atom is -0.388 e. The summed E-state index contributed by atoms with van der Waals surface area (Å²) in [6.45, 7) is 6.30. The molecule has 156 valence electrons. The third-order valence-electron chi connectivity index (χ3n) is 6.29. The highest BCUT2D eigenvalue weighted by atomic mass is 19.1. The first-order chi connectivity index (χ1) is 13.3. The van der Waals surface area contributed by atoms with Crippen LogP contribution in [0, 0.1) is 12.7 Å². The van der Waals surface area contributed by atoms with Crippen LogP contribution in [0.1, 0.15) is 37.3 Å². The fraction of sp³-hybridized carbons (Fsp3) is 0.667. The summed E-state index contributed by atoms with van der Waals surface area (Å²) in [6.07, 6.45) is 1.08. The molecule has 1 spiro atoms. The number of likely N-dealkylation sites (tertiary alicyclic amines) is 1.